The average molecular weight is 238 g/mol. The highest BCUT2D eigenvalue weighted by Crippen LogP contribution is 2.24. The van der Waals surface area contributed by atoms with Gasteiger partial charge in [-0.1, -0.05) is 0 Å². The Morgan fingerprint density at radius 2 is 2.44 bits per heavy atom. The summed E-state index contributed by atoms with van der Waals surface area (Å²) in [7, 11) is 0. The van der Waals surface area contributed by atoms with E-state index in [9.17, 15) is 4.39 Å². The molecule has 0 aliphatic rings. The lowest BCUT2D eigenvalue weighted by Gasteiger charge is -1.95. The molecule has 0 saturated carbocycles. The molecule has 2 aromatic rings. The quantitative estimate of drug-likeness (QED) is 0.630. The third-order valence-corrected chi connectivity index (χ3v) is 2.84. The standard InChI is InChI=1S/C10H11FN4S/c11-2-3-15-5-8(10(12)13)9(14-15)7-1-4-16-6-7/h1,4-6H,2-3H2,(H3,12,13). The molecule has 0 bridgehead atoms. The normalized spacial score (nSPS) is 10.6. The Kier molecular flexibility index (Phi) is 3.00. The Morgan fingerprint density at radius 1 is 1.62 bits per heavy atom. The number of amidine groups is 1. The molecular formula is C10H11FN4S. The molecule has 0 radical (unpaired) electrons. The van der Waals surface area contributed by atoms with Gasteiger partial charge in [0.2, 0.25) is 0 Å². The molecule has 3 N–H and O–H groups in total. The van der Waals surface area contributed by atoms with Crippen molar-refractivity contribution in [3.8, 4) is 11.3 Å². The first-order valence-electron chi connectivity index (χ1n) is 4.72. The van der Waals surface area contributed by atoms with Crippen molar-refractivity contribution in [2.24, 2.45) is 5.73 Å². The van der Waals surface area contributed by atoms with Crippen LogP contribution in [-0.2, 0) is 6.54 Å². The first-order chi connectivity index (χ1) is 7.72. The van der Waals surface area contributed by atoms with E-state index in [1.165, 1.54) is 4.68 Å². The largest absolute Gasteiger partial charge is 0.384 e. The lowest BCUT2D eigenvalue weighted by molar-refractivity contribution is 0.427. The van der Waals surface area contributed by atoms with E-state index >= 15 is 0 Å². The molecule has 2 rings (SSSR count). The van der Waals surface area contributed by atoms with Crippen LogP contribution in [-0.4, -0.2) is 22.3 Å². The molecule has 84 valence electrons. The second kappa shape index (κ2) is 4.44. The molecule has 0 amide bonds. The Labute approximate surface area is 96.0 Å². The van der Waals surface area contributed by atoms with Crippen molar-refractivity contribution in [1.82, 2.24) is 9.78 Å². The zero-order valence-corrected chi connectivity index (χ0v) is 9.30. The number of aromatic nitrogens is 2. The highest BCUT2D eigenvalue weighted by Gasteiger charge is 2.13. The fourth-order valence-electron chi connectivity index (χ4n) is 1.43. The maximum atomic E-state index is 12.2. The maximum Gasteiger partial charge on any atom is 0.126 e. The molecule has 0 atom stereocenters. The molecule has 16 heavy (non-hydrogen) atoms. The molecule has 6 heteroatoms. The summed E-state index contributed by atoms with van der Waals surface area (Å²) in [6, 6.07) is 1.90. The molecule has 0 aliphatic heterocycles. The molecule has 4 nitrogen and oxygen atoms in total. The number of nitrogen functional groups attached to an aromatic ring is 1. The Hall–Kier alpha value is -1.69. The molecule has 0 unspecified atom stereocenters. The minimum absolute atomic E-state index is 0.0497. The third kappa shape index (κ3) is 1.96. The number of rotatable bonds is 4. The van der Waals surface area contributed by atoms with E-state index in [0.29, 0.717) is 11.3 Å². The summed E-state index contributed by atoms with van der Waals surface area (Å²) in [5.74, 6) is -0.0497. The maximum absolute atomic E-state index is 12.2. The molecule has 0 fully saturated rings. The van der Waals surface area contributed by atoms with E-state index in [1.807, 2.05) is 16.8 Å². The number of aryl methyl sites for hydroxylation is 1. The monoisotopic (exact) mass is 238 g/mol. The van der Waals surface area contributed by atoms with Crippen molar-refractivity contribution in [2.75, 3.05) is 6.67 Å². The predicted octanol–water partition coefficient (Wildman–Crippen LogP) is 1.87. The van der Waals surface area contributed by atoms with Crippen LogP contribution in [0.4, 0.5) is 4.39 Å². The Bertz CT molecular complexity index is 489. The number of halogens is 1. The van der Waals surface area contributed by atoms with Crippen molar-refractivity contribution in [3.05, 3.63) is 28.6 Å². The van der Waals surface area contributed by atoms with Gasteiger partial charge in [0.15, 0.2) is 0 Å². The van der Waals surface area contributed by atoms with Crippen LogP contribution in [0.2, 0.25) is 0 Å². The number of nitrogens with one attached hydrogen (secondary N) is 1. The Morgan fingerprint density at radius 3 is 3.00 bits per heavy atom. The zero-order chi connectivity index (χ0) is 11.5. The summed E-state index contributed by atoms with van der Waals surface area (Å²) >= 11 is 1.54. The number of hydrogen-bond acceptors (Lipinski definition) is 3. The first-order valence-corrected chi connectivity index (χ1v) is 5.67. The van der Waals surface area contributed by atoms with E-state index in [1.54, 1.807) is 17.5 Å². The Balaban J connectivity index is 2.46. The summed E-state index contributed by atoms with van der Waals surface area (Å²) in [5, 5.41) is 15.5. The van der Waals surface area contributed by atoms with Gasteiger partial charge in [-0.05, 0) is 11.4 Å². The van der Waals surface area contributed by atoms with Crippen LogP contribution < -0.4 is 5.73 Å². The van der Waals surface area contributed by atoms with Crippen LogP contribution in [0.25, 0.3) is 11.3 Å². The van der Waals surface area contributed by atoms with Crippen LogP contribution in [0, 0.1) is 5.41 Å². The minimum Gasteiger partial charge on any atom is -0.384 e. The van der Waals surface area contributed by atoms with Gasteiger partial charge in [0.05, 0.1) is 12.1 Å². The highest BCUT2D eigenvalue weighted by atomic mass is 32.1. The van der Waals surface area contributed by atoms with Crippen LogP contribution in [0.15, 0.2) is 23.0 Å². The van der Waals surface area contributed by atoms with Crippen molar-refractivity contribution in [3.63, 3.8) is 0 Å². The number of hydrogen-bond donors (Lipinski definition) is 2. The number of thiophene rings is 1. The van der Waals surface area contributed by atoms with E-state index < -0.39 is 6.67 Å². The second-order valence-corrected chi connectivity index (χ2v) is 4.05. The smallest absolute Gasteiger partial charge is 0.126 e. The van der Waals surface area contributed by atoms with Crippen molar-refractivity contribution in [2.45, 2.75) is 6.54 Å². The van der Waals surface area contributed by atoms with E-state index in [4.69, 9.17) is 11.1 Å². The van der Waals surface area contributed by atoms with Crippen LogP contribution in [0.3, 0.4) is 0 Å². The van der Waals surface area contributed by atoms with Crippen LogP contribution in [0.5, 0.6) is 0 Å². The lowest BCUT2D eigenvalue weighted by Crippen LogP contribution is -2.11. The first kappa shape index (κ1) is 10.8. The molecule has 2 aromatic heterocycles. The van der Waals surface area contributed by atoms with Crippen molar-refractivity contribution < 1.29 is 4.39 Å². The number of alkyl halides is 1. The topological polar surface area (TPSA) is 67.7 Å². The predicted molar refractivity (Wildman–Crippen MR) is 62.5 cm³/mol. The fraction of sp³-hybridized carbons (Fsp3) is 0.200. The number of nitrogens with zero attached hydrogens (tertiary/aromatic N) is 2. The van der Waals surface area contributed by atoms with Gasteiger partial charge in [-0.3, -0.25) is 10.1 Å². The van der Waals surface area contributed by atoms with Gasteiger partial charge in [0.25, 0.3) is 0 Å². The molecule has 2 heterocycles. The summed E-state index contributed by atoms with van der Waals surface area (Å²) < 4.78 is 13.7. The minimum atomic E-state index is -0.484. The zero-order valence-electron chi connectivity index (χ0n) is 8.48. The fourth-order valence-corrected chi connectivity index (χ4v) is 2.07. The van der Waals surface area contributed by atoms with Gasteiger partial charge in [0.1, 0.15) is 18.2 Å². The van der Waals surface area contributed by atoms with Gasteiger partial charge in [-0.25, -0.2) is 4.39 Å². The SMILES string of the molecule is N=C(N)c1cn(CCF)nc1-c1ccsc1. The van der Waals surface area contributed by atoms with Crippen LogP contribution in [0.1, 0.15) is 5.56 Å². The highest BCUT2D eigenvalue weighted by molar-refractivity contribution is 7.08. The van der Waals surface area contributed by atoms with Gasteiger partial charge < -0.3 is 5.73 Å². The number of nitrogens with two attached hydrogens (primary N) is 1. The van der Waals surface area contributed by atoms with E-state index in [2.05, 4.69) is 5.10 Å². The summed E-state index contributed by atoms with van der Waals surface area (Å²) in [5.41, 5.74) is 7.57. The molecule has 0 aliphatic carbocycles. The van der Waals surface area contributed by atoms with Gasteiger partial charge >= 0.3 is 0 Å². The van der Waals surface area contributed by atoms with E-state index in [0.717, 1.165) is 5.56 Å². The summed E-state index contributed by atoms with van der Waals surface area (Å²) in [4.78, 5) is 0. The average Bonchev–Trinajstić information content (AvgIpc) is 2.83. The summed E-state index contributed by atoms with van der Waals surface area (Å²) in [6.45, 7) is -0.299. The van der Waals surface area contributed by atoms with Crippen molar-refractivity contribution >= 4 is 17.2 Å². The van der Waals surface area contributed by atoms with Crippen molar-refractivity contribution in [1.29, 1.82) is 5.41 Å². The molecule has 0 spiro atoms. The van der Waals surface area contributed by atoms with Gasteiger partial charge in [0, 0.05) is 17.1 Å². The lowest BCUT2D eigenvalue weighted by atomic mass is 10.1. The summed E-state index contributed by atoms with van der Waals surface area (Å²) in [6.07, 6.45) is 1.61. The second-order valence-electron chi connectivity index (χ2n) is 3.27. The molecule has 0 aromatic carbocycles. The van der Waals surface area contributed by atoms with Crippen LogP contribution >= 0.6 is 11.3 Å². The molecular weight excluding hydrogens is 227 g/mol. The van der Waals surface area contributed by atoms with Gasteiger partial charge in [-0.15, -0.1) is 0 Å². The van der Waals surface area contributed by atoms with E-state index in [-0.39, 0.29) is 12.4 Å². The van der Waals surface area contributed by atoms with Gasteiger partial charge in [-0.2, -0.15) is 16.4 Å². The molecule has 0 saturated heterocycles. The third-order valence-electron chi connectivity index (χ3n) is 2.16.